The number of hydrogen-bond donors (Lipinski definition) is 2. The zero-order chi connectivity index (χ0) is 21.7. The fourth-order valence-electron chi connectivity index (χ4n) is 2.60. The van der Waals surface area contributed by atoms with Gasteiger partial charge in [-0.3, -0.25) is 4.79 Å². The summed E-state index contributed by atoms with van der Waals surface area (Å²) >= 11 is 1.40. The number of aromatic nitrogens is 1. The molecule has 1 aromatic heterocycles. The first-order valence-electron chi connectivity index (χ1n) is 8.88. The average Bonchev–Trinajstić information content (AvgIpc) is 3.14. The van der Waals surface area contributed by atoms with Crippen LogP contribution in [-0.4, -0.2) is 26.4 Å². The second kappa shape index (κ2) is 9.24. The predicted molar refractivity (Wildman–Crippen MR) is 114 cm³/mol. The molecule has 0 atom stereocenters. The number of sulfonamides is 1. The number of hydrogen-bond acceptors (Lipinski definition) is 7. The van der Waals surface area contributed by atoms with Crippen molar-refractivity contribution in [3.8, 4) is 11.5 Å². The number of rotatable bonds is 8. The minimum absolute atomic E-state index is 0.0176. The van der Waals surface area contributed by atoms with Gasteiger partial charge in [0.05, 0.1) is 29.8 Å². The van der Waals surface area contributed by atoms with Gasteiger partial charge in [0.1, 0.15) is 23.1 Å². The molecule has 10 heteroatoms. The van der Waals surface area contributed by atoms with Crippen molar-refractivity contribution in [3.05, 3.63) is 64.1 Å². The lowest BCUT2D eigenvalue weighted by atomic mass is 10.2. The van der Waals surface area contributed by atoms with Gasteiger partial charge >= 0.3 is 0 Å². The van der Waals surface area contributed by atoms with Crippen LogP contribution in [0.25, 0.3) is 0 Å². The molecule has 0 unspecified atom stereocenters. The van der Waals surface area contributed by atoms with E-state index >= 15 is 0 Å². The number of amides is 1. The maximum atomic E-state index is 12.4. The number of nitrogens with zero attached hydrogens (tertiary/aromatic N) is 1. The number of thiazole rings is 1. The normalized spacial score (nSPS) is 11.2. The van der Waals surface area contributed by atoms with Crippen molar-refractivity contribution in [1.29, 1.82) is 0 Å². The molecule has 0 saturated carbocycles. The van der Waals surface area contributed by atoms with Gasteiger partial charge in [-0.05, 0) is 37.3 Å². The lowest BCUT2D eigenvalue weighted by molar-refractivity contribution is -0.115. The van der Waals surface area contributed by atoms with E-state index in [9.17, 15) is 13.2 Å². The van der Waals surface area contributed by atoms with Crippen molar-refractivity contribution in [2.45, 2.75) is 24.8 Å². The van der Waals surface area contributed by atoms with Crippen LogP contribution >= 0.6 is 11.3 Å². The van der Waals surface area contributed by atoms with Gasteiger partial charge in [0, 0.05) is 5.38 Å². The van der Waals surface area contributed by atoms with Crippen LogP contribution < -0.4 is 19.9 Å². The van der Waals surface area contributed by atoms with Gasteiger partial charge in [0.15, 0.2) is 0 Å². The first-order chi connectivity index (χ1) is 14.2. The SMILES string of the molecule is COc1ccc(S(N)(=O)=O)cc1NC(=O)Cc1csc(COc2ccc(C)cc2)n1. The van der Waals surface area contributed by atoms with E-state index in [1.165, 1.54) is 36.6 Å². The molecule has 0 aliphatic rings. The number of nitrogens with two attached hydrogens (primary N) is 1. The Morgan fingerprint density at radius 2 is 1.93 bits per heavy atom. The van der Waals surface area contributed by atoms with Crippen LogP contribution in [0.1, 0.15) is 16.3 Å². The largest absolute Gasteiger partial charge is 0.495 e. The van der Waals surface area contributed by atoms with E-state index in [4.69, 9.17) is 14.6 Å². The molecule has 0 aliphatic carbocycles. The van der Waals surface area contributed by atoms with Crippen LogP contribution in [0.4, 0.5) is 5.69 Å². The number of benzene rings is 2. The number of anilines is 1. The molecule has 158 valence electrons. The molecule has 0 saturated heterocycles. The summed E-state index contributed by atoms with van der Waals surface area (Å²) in [5.41, 5.74) is 1.95. The first-order valence-corrected chi connectivity index (χ1v) is 11.3. The number of primary sulfonamides is 1. The molecule has 0 radical (unpaired) electrons. The highest BCUT2D eigenvalue weighted by atomic mass is 32.2. The van der Waals surface area contributed by atoms with E-state index in [0.29, 0.717) is 18.1 Å². The van der Waals surface area contributed by atoms with Crippen LogP contribution in [0.15, 0.2) is 52.7 Å². The Balaban J connectivity index is 1.62. The summed E-state index contributed by atoms with van der Waals surface area (Å²) in [6.07, 6.45) is 0.0176. The van der Waals surface area contributed by atoms with Crippen LogP contribution in [0.2, 0.25) is 0 Å². The van der Waals surface area contributed by atoms with E-state index in [2.05, 4.69) is 10.3 Å². The summed E-state index contributed by atoms with van der Waals surface area (Å²) in [6, 6.07) is 11.7. The molecule has 1 heterocycles. The third-order valence-corrected chi connectivity index (χ3v) is 5.88. The highest BCUT2D eigenvalue weighted by molar-refractivity contribution is 7.89. The van der Waals surface area contributed by atoms with Crippen LogP contribution in [0, 0.1) is 6.92 Å². The summed E-state index contributed by atoms with van der Waals surface area (Å²) in [5, 5.41) is 10.3. The Bertz CT molecular complexity index is 1140. The third-order valence-electron chi connectivity index (χ3n) is 4.10. The Morgan fingerprint density at radius 3 is 2.60 bits per heavy atom. The van der Waals surface area contributed by atoms with Crippen molar-refractivity contribution in [3.63, 3.8) is 0 Å². The summed E-state index contributed by atoms with van der Waals surface area (Å²) < 4.78 is 34.0. The quantitative estimate of drug-likeness (QED) is 0.548. The first kappa shape index (κ1) is 21.8. The lowest BCUT2D eigenvalue weighted by Crippen LogP contribution is -2.17. The molecule has 3 rings (SSSR count). The third kappa shape index (κ3) is 5.78. The molecule has 30 heavy (non-hydrogen) atoms. The monoisotopic (exact) mass is 447 g/mol. The molecule has 2 aromatic carbocycles. The zero-order valence-corrected chi connectivity index (χ0v) is 18.0. The van der Waals surface area contributed by atoms with Crippen LogP contribution in [-0.2, 0) is 27.8 Å². The Hall–Kier alpha value is -2.95. The standard InChI is InChI=1S/C20H21N3O5S2/c1-13-3-5-15(6-4-13)28-11-20-22-14(12-29-20)9-19(24)23-17-10-16(30(21,25)26)7-8-18(17)27-2/h3-8,10,12H,9,11H2,1-2H3,(H,23,24)(H2,21,25,26). The van der Waals surface area contributed by atoms with Crippen molar-refractivity contribution >= 4 is 33.0 Å². The smallest absolute Gasteiger partial charge is 0.238 e. The fourth-order valence-corrected chi connectivity index (χ4v) is 3.84. The second-order valence-electron chi connectivity index (χ2n) is 6.47. The maximum Gasteiger partial charge on any atom is 0.238 e. The second-order valence-corrected chi connectivity index (χ2v) is 8.97. The minimum atomic E-state index is -3.90. The molecule has 0 spiro atoms. The number of nitrogens with one attached hydrogen (secondary N) is 1. The molecule has 0 fully saturated rings. The summed E-state index contributed by atoms with van der Waals surface area (Å²) in [5.74, 6) is 0.703. The van der Waals surface area contributed by atoms with E-state index in [1.54, 1.807) is 5.38 Å². The van der Waals surface area contributed by atoms with Gasteiger partial charge in [-0.2, -0.15) is 0 Å². The van der Waals surface area contributed by atoms with Crippen molar-refractivity contribution in [2.24, 2.45) is 5.14 Å². The molecule has 8 nitrogen and oxygen atoms in total. The van der Waals surface area contributed by atoms with E-state index in [0.717, 1.165) is 16.3 Å². The topological polar surface area (TPSA) is 121 Å². The van der Waals surface area contributed by atoms with Crippen molar-refractivity contribution < 1.29 is 22.7 Å². The van der Waals surface area contributed by atoms with Gasteiger partial charge in [0.2, 0.25) is 15.9 Å². The van der Waals surface area contributed by atoms with Crippen molar-refractivity contribution in [2.75, 3.05) is 12.4 Å². The Labute approximate surface area is 178 Å². The molecular formula is C20H21N3O5S2. The number of carbonyl (C=O) groups excluding carboxylic acids is 1. The van der Waals surface area contributed by atoms with Gasteiger partial charge in [-0.25, -0.2) is 18.5 Å². The minimum Gasteiger partial charge on any atom is -0.495 e. The molecular weight excluding hydrogens is 426 g/mol. The Morgan fingerprint density at radius 1 is 1.20 bits per heavy atom. The van der Waals surface area contributed by atoms with Gasteiger partial charge in [0.25, 0.3) is 0 Å². The molecule has 1 amide bonds. The molecule has 0 bridgehead atoms. The summed E-state index contributed by atoms with van der Waals surface area (Å²) in [4.78, 5) is 16.7. The zero-order valence-electron chi connectivity index (χ0n) is 16.4. The van der Waals surface area contributed by atoms with Crippen LogP contribution in [0.5, 0.6) is 11.5 Å². The molecule has 3 aromatic rings. The summed E-state index contributed by atoms with van der Waals surface area (Å²) in [6.45, 7) is 2.31. The number of aryl methyl sites for hydroxylation is 1. The van der Waals surface area contributed by atoms with Gasteiger partial charge in [-0.1, -0.05) is 17.7 Å². The lowest BCUT2D eigenvalue weighted by Gasteiger charge is -2.11. The maximum absolute atomic E-state index is 12.4. The number of methoxy groups -OCH3 is 1. The van der Waals surface area contributed by atoms with Crippen LogP contribution in [0.3, 0.4) is 0 Å². The highest BCUT2D eigenvalue weighted by Crippen LogP contribution is 2.27. The van der Waals surface area contributed by atoms with Gasteiger partial charge < -0.3 is 14.8 Å². The predicted octanol–water partition coefficient (Wildman–Crippen LogP) is 2.87. The van der Waals surface area contributed by atoms with Gasteiger partial charge in [-0.15, -0.1) is 11.3 Å². The highest BCUT2D eigenvalue weighted by Gasteiger charge is 2.15. The molecule has 0 aliphatic heterocycles. The summed E-state index contributed by atoms with van der Waals surface area (Å²) in [7, 11) is -2.49. The van der Waals surface area contributed by atoms with E-state index < -0.39 is 10.0 Å². The number of ether oxygens (including phenoxy) is 2. The Kier molecular flexibility index (Phi) is 6.70. The van der Waals surface area contributed by atoms with E-state index in [1.807, 2.05) is 31.2 Å². The average molecular weight is 448 g/mol. The van der Waals surface area contributed by atoms with Crippen molar-refractivity contribution in [1.82, 2.24) is 4.98 Å². The number of carbonyl (C=O) groups is 1. The fraction of sp³-hybridized carbons (Fsp3) is 0.200. The molecule has 3 N–H and O–H groups in total. The van der Waals surface area contributed by atoms with E-state index in [-0.39, 0.29) is 22.9 Å².